The van der Waals surface area contributed by atoms with Gasteiger partial charge in [0.25, 0.3) is 5.56 Å². The average molecular weight is 772 g/mol. The van der Waals surface area contributed by atoms with Gasteiger partial charge in [-0.1, -0.05) is 95.7 Å². The zero-order valence-corrected chi connectivity index (χ0v) is 29.1. The van der Waals surface area contributed by atoms with E-state index < -0.39 is 12.0 Å². The molecule has 0 saturated heterocycles. The Morgan fingerprint density at radius 1 is 1.09 bits per heavy atom. The number of benzene rings is 3. The number of halogens is 2. The third-order valence-corrected chi connectivity index (χ3v) is 9.21. The summed E-state index contributed by atoms with van der Waals surface area (Å²) < 4.78 is 15.7. The van der Waals surface area contributed by atoms with Crippen molar-refractivity contribution in [2.45, 2.75) is 52.7 Å². The van der Waals surface area contributed by atoms with Crippen LogP contribution in [0.5, 0.6) is 5.75 Å². The Kier molecular flexibility index (Phi) is 9.73. The highest BCUT2D eigenvalue weighted by molar-refractivity contribution is 14.1. The van der Waals surface area contributed by atoms with E-state index in [2.05, 4.69) is 64.5 Å². The van der Waals surface area contributed by atoms with Gasteiger partial charge in [0, 0.05) is 15.6 Å². The second-order valence-electron chi connectivity index (χ2n) is 10.7. The summed E-state index contributed by atoms with van der Waals surface area (Å²) in [5.74, 6) is 0.556. The van der Waals surface area contributed by atoms with Crippen molar-refractivity contribution in [2.75, 3.05) is 6.61 Å². The highest BCUT2D eigenvalue weighted by atomic mass is 127. The zero-order chi connectivity index (χ0) is 30.8. The maximum atomic E-state index is 14.3. The van der Waals surface area contributed by atoms with E-state index in [1.54, 1.807) is 11.5 Å². The van der Waals surface area contributed by atoms with Crippen LogP contribution in [0.3, 0.4) is 0 Å². The van der Waals surface area contributed by atoms with Crippen molar-refractivity contribution in [2.24, 2.45) is 4.99 Å². The minimum atomic E-state index is -0.720. The number of hydrogen-bond acceptors (Lipinski definition) is 6. The first-order valence-electron chi connectivity index (χ1n) is 14.1. The summed E-state index contributed by atoms with van der Waals surface area (Å²) in [6.07, 6.45) is 1.81. The lowest BCUT2D eigenvalue weighted by Gasteiger charge is -2.26. The Morgan fingerprint density at radius 3 is 2.42 bits per heavy atom. The number of carbonyl (C=O) groups excluding carboxylic acids is 1. The standard InChI is InChI=1S/C34H32BrIN2O4S/c1-6-41-33(40)28-29(22-10-8-7-9-11-22)37-34-38(30(28)23-14-12-21(13-15-23)19(2)3)32(39)27(43-34)17-24-16-25(35)18-26(36)31(24)42-20(4)5/h7-20,30H,6H2,1-5H3/b27-17-/t30-/m0/s1. The van der Waals surface area contributed by atoms with Crippen LogP contribution in [0.1, 0.15) is 68.8 Å². The molecule has 0 amide bonds. The largest absolute Gasteiger partial charge is 0.489 e. The van der Waals surface area contributed by atoms with Gasteiger partial charge in [0.1, 0.15) is 5.75 Å². The van der Waals surface area contributed by atoms with Gasteiger partial charge >= 0.3 is 5.97 Å². The third kappa shape index (κ3) is 6.58. The van der Waals surface area contributed by atoms with E-state index >= 15 is 0 Å². The van der Waals surface area contributed by atoms with E-state index in [0.717, 1.165) is 24.7 Å². The number of hydrogen-bond donors (Lipinski definition) is 0. The monoisotopic (exact) mass is 770 g/mol. The van der Waals surface area contributed by atoms with E-state index in [4.69, 9.17) is 14.5 Å². The third-order valence-electron chi connectivity index (χ3n) is 6.97. The van der Waals surface area contributed by atoms with E-state index in [0.29, 0.717) is 32.3 Å². The van der Waals surface area contributed by atoms with Crippen molar-refractivity contribution in [3.63, 3.8) is 0 Å². The number of nitrogens with zero attached hydrogens (tertiary/aromatic N) is 2. The van der Waals surface area contributed by atoms with Crippen LogP contribution in [0.4, 0.5) is 0 Å². The fraction of sp³-hybridized carbons (Fsp3) is 0.265. The van der Waals surface area contributed by atoms with Crippen LogP contribution in [-0.4, -0.2) is 23.2 Å². The van der Waals surface area contributed by atoms with E-state index in [1.165, 1.54) is 16.9 Å². The summed E-state index contributed by atoms with van der Waals surface area (Å²) in [4.78, 5) is 33.5. The zero-order valence-electron chi connectivity index (χ0n) is 24.6. The molecule has 3 aromatic carbocycles. The first-order valence-corrected chi connectivity index (χ1v) is 16.8. The molecule has 1 aliphatic heterocycles. The molecule has 0 spiro atoms. The molecule has 4 aromatic rings. The fourth-order valence-electron chi connectivity index (χ4n) is 5.01. The molecule has 0 aliphatic carbocycles. The Balaban J connectivity index is 1.82. The fourth-order valence-corrected chi connectivity index (χ4v) is 7.68. The first-order chi connectivity index (χ1) is 20.6. The number of esters is 1. The summed E-state index contributed by atoms with van der Waals surface area (Å²) >= 11 is 7.14. The molecule has 0 N–H and O–H groups in total. The Labute approximate surface area is 277 Å². The van der Waals surface area contributed by atoms with Gasteiger partial charge in [0.15, 0.2) is 4.80 Å². The summed E-state index contributed by atoms with van der Waals surface area (Å²) in [6, 6.07) is 20.9. The number of fused-ring (bicyclic) bond motifs is 1. The smallest absolute Gasteiger partial charge is 0.338 e. The molecule has 0 bridgehead atoms. The average Bonchev–Trinajstić information content (AvgIpc) is 3.28. The van der Waals surface area contributed by atoms with Crippen molar-refractivity contribution in [3.05, 3.63) is 122 Å². The highest BCUT2D eigenvalue weighted by Gasteiger charge is 2.35. The van der Waals surface area contributed by atoms with Crippen LogP contribution >= 0.6 is 49.9 Å². The summed E-state index contributed by atoms with van der Waals surface area (Å²) in [5.41, 5.74) is 4.15. The minimum absolute atomic E-state index is 0.0440. The SMILES string of the molecule is CCOC(=O)C1=C(c2ccccc2)N=c2s/c(=C\c3cc(Br)cc(I)c3OC(C)C)c(=O)n2[C@H]1c1ccc(C(C)C)cc1. The van der Waals surface area contributed by atoms with E-state index in [1.807, 2.05) is 74.5 Å². The molecule has 0 saturated carbocycles. The second kappa shape index (κ2) is 13.3. The van der Waals surface area contributed by atoms with Gasteiger partial charge in [-0.2, -0.15) is 0 Å². The summed E-state index contributed by atoms with van der Waals surface area (Å²) in [5, 5.41) is 0. The predicted molar refractivity (Wildman–Crippen MR) is 184 cm³/mol. The molecule has 0 radical (unpaired) electrons. The number of aromatic nitrogens is 1. The van der Waals surface area contributed by atoms with Crippen molar-refractivity contribution in [3.8, 4) is 5.75 Å². The van der Waals surface area contributed by atoms with Crippen LogP contribution in [0.25, 0.3) is 11.8 Å². The summed E-state index contributed by atoms with van der Waals surface area (Å²) in [6.45, 7) is 10.2. The molecule has 1 aliphatic rings. The van der Waals surface area contributed by atoms with Gasteiger partial charge in [-0.15, -0.1) is 0 Å². The number of carbonyl (C=O) groups is 1. The maximum Gasteiger partial charge on any atom is 0.338 e. The van der Waals surface area contributed by atoms with Crippen LogP contribution in [0.15, 0.2) is 86.6 Å². The first kappa shape index (κ1) is 31.4. The van der Waals surface area contributed by atoms with Crippen molar-refractivity contribution >= 4 is 67.6 Å². The van der Waals surface area contributed by atoms with Crippen molar-refractivity contribution in [1.82, 2.24) is 4.57 Å². The molecular formula is C34H32BrIN2O4S. The van der Waals surface area contributed by atoms with Gasteiger partial charge in [-0.05, 0) is 78.6 Å². The molecule has 43 heavy (non-hydrogen) atoms. The Hall–Kier alpha value is -3.02. The van der Waals surface area contributed by atoms with Crippen molar-refractivity contribution in [1.29, 1.82) is 0 Å². The number of ether oxygens (including phenoxy) is 2. The molecule has 5 rings (SSSR count). The molecule has 9 heteroatoms. The van der Waals surface area contributed by atoms with Gasteiger partial charge in [-0.25, -0.2) is 9.79 Å². The molecule has 0 unspecified atom stereocenters. The number of rotatable bonds is 8. The van der Waals surface area contributed by atoms with Crippen LogP contribution < -0.4 is 19.6 Å². The lowest BCUT2D eigenvalue weighted by Crippen LogP contribution is -2.40. The maximum absolute atomic E-state index is 14.3. The van der Waals surface area contributed by atoms with Gasteiger partial charge in [-0.3, -0.25) is 9.36 Å². The second-order valence-corrected chi connectivity index (χ2v) is 13.8. The van der Waals surface area contributed by atoms with E-state index in [9.17, 15) is 9.59 Å². The van der Waals surface area contributed by atoms with Crippen LogP contribution in [-0.2, 0) is 9.53 Å². The molecule has 6 nitrogen and oxygen atoms in total. The van der Waals surface area contributed by atoms with Gasteiger partial charge in [0.05, 0.1) is 38.1 Å². The molecule has 1 aromatic heterocycles. The lowest BCUT2D eigenvalue weighted by atomic mass is 9.91. The van der Waals surface area contributed by atoms with Crippen molar-refractivity contribution < 1.29 is 14.3 Å². The Morgan fingerprint density at radius 2 is 1.79 bits per heavy atom. The highest BCUT2D eigenvalue weighted by Crippen LogP contribution is 2.36. The molecule has 222 valence electrons. The summed E-state index contributed by atoms with van der Waals surface area (Å²) in [7, 11) is 0. The van der Waals surface area contributed by atoms with E-state index in [-0.39, 0.29) is 18.3 Å². The topological polar surface area (TPSA) is 69.9 Å². The minimum Gasteiger partial charge on any atom is -0.489 e. The molecular weight excluding hydrogens is 739 g/mol. The van der Waals surface area contributed by atoms with Gasteiger partial charge < -0.3 is 9.47 Å². The number of thiazole rings is 1. The van der Waals surface area contributed by atoms with Crippen LogP contribution in [0, 0.1) is 3.57 Å². The van der Waals surface area contributed by atoms with Crippen LogP contribution in [0.2, 0.25) is 0 Å². The van der Waals surface area contributed by atoms with Gasteiger partial charge in [0.2, 0.25) is 0 Å². The quantitative estimate of drug-likeness (QED) is 0.140. The normalized spacial score (nSPS) is 15.1. The lowest BCUT2D eigenvalue weighted by molar-refractivity contribution is -0.138. The molecule has 0 fully saturated rings. The molecule has 1 atom stereocenters. The Bertz CT molecular complexity index is 1880. The molecule has 2 heterocycles. The predicted octanol–water partition coefficient (Wildman–Crippen LogP) is 7.21.